The number of benzene rings is 3. The summed E-state index contributed by atoms with van der Waals surface area (Å²) >= 11 is 6.48. The van der Waals surface area contributed by atoms with E-state index in [0.29, 0.717) is 47.6 Å². The number of hydrogen-bond donors (Lipinski definition) is 1. The molecule has 0 spiro atoms. The van der Waals surface area contributed by atoms with Gasteiger partial charge in [-0.2, -0.15) is 0 Å². The third kappa shape index (κ3) is 6.94. The number of hydrogen-bond acceptors (Lipinski definition) is 8. The summed E-state index contributed by atoms with van der Waals surface area (Å²) in [4.78, 5) is 23.8. The Bertz CT molecular complexity index is 1600. The van der Waals surface area contributed by atoms with Gasteiger partial charge < -0.3 is 19.5 Å². The first-order valence-corrected chi connectivity index (χ1v) is 14.2. The number of likely N-dealkylation sites (tertiary alicyclic amines) is 1. The largest absolute Gasteiger partial charge is 0.487 e. The smallest absolute Gasteiger partial charge is 0.159 e. The van der Waals surface area contributed by atoms with Crippen molar-refractivity contribution in [3.63, 3.8) is 0 Å². The predicted molar refractivity (Wildman–Crippen MR) is 159 cm³/mol. The van der Waals surface area contributed by atoms with Crippen molar-refractivity contribution in [1.29, 1.82) is 0 Å². The second kappa shape index (κ2) is 13.0. The van der Waals surface area contributed by atoms with Gasteiger partial charge in [-0.15, -0.1) is 0 Å². The normalized spacial score (nSPS) is 18.8. The molecule has 2 aliphatic rings. The first kappa shape index (κ1) is 28.2. The van der Waals surface area contributed by atoms with Crippen LogP contribution in [-0.4, -0.2) is 65.7 Å². The van der Waals surface area contributed by atoms with Gasteiger partial charge in [0, 0.05) is 37.1 Å². The lowest BCUT2D eigenvalue weighted by atomic mass is 10.1. The van der Waals surface area contributed by atoms with E-state index in [4.69, 9.17) is 25.8 Å². The number of halogens is 2. The van der Waals surface area contributed by atoms with Gasteiger partial charge in [-0.1, -0.05) is 35.9 Å². The fourth-order valence-electron chi connectivity index (χ4n) is 5.21. The molecule has 4 aromatic rings. The van der Waals surface area contributed by atoms with Crippen LogP contribution in [0.5, 0.6) is 5.75 Å². The number of anilines is 2. The average Bonchev–Trinajstić information content (AvgIpc) is 3.40. The number of ether oxygens (including phenoxy) is 3. The van der Waals surface area contributed by atoms with Crippen LogP contribution in [-0.2, 0) is 27.3 Å². The van der Waals surface area contributed by atoms with Crippen LogP contribution in [0, 0.1) is 5.82 Å². The van der Waals surface area contributed by atoms with Gasteiger partial charge in [0.25, 0.3) is 0 Å². The Balaban J connectivity index is 1.08. The molecule has 0 aliphatic carbocycles. The van der Waals surface area contributed by atoms with Crippen molar-refractivity contribution in [2.45, 2.75) is 25.2 Å². The molecule has 0 radical (unpaired) electrons. The van der Waals surface area contributed by atoms with Crippen LogP contribution in [0.1, 0.15) is 11.1 Å². The second-order valence-electron chi connectivity index (χ2n) is 10.3. The Kier molecular flexibility index (Phi) is 8.71. The number of aromatic nitrogens is 2. The summed E-state index contributed by atoms with van der Waals surface area (Å²) in [5.41, 5.74) is 3.03. The molecule has 216 valence electrons. The number of allylic oxidation sites excluding steroid dienone is 1. The van der Waals surface area contributed by atoms with Crippen molar-refractivity contribution in [2.24, 2.45) is 0 Å². The molecule has 3 heterocycles. The van der Waals surface area contributed by atoms with E-state index in [1.54, 1.807) is 30.3 Å². The quantitative estimate of drug-likeness (QED) is 0.243. The molecule has 8 nitrogen and oxygen atoms in total. The predicted octanol–water partition coefficient (Wildman–Crippen LogP) is 5.51. The monoisotopic (exact) mass is 588 g/mol. The lowest BCUT2D eigenvalue weighted by Gasteiger charge is -2.24. The van der Waals surface area contributed by atoms with Gasteiger partial charge in [-0.05, 0) is 59.7 Å². The van der Waals surface area contributed by atoms with E-state index in [9.17, 15) is 9.18 Å². The molecule has 10 heteroatoms. The summed E-state index contributed by atoms with van der Waals surface area (Å²) in [5.74, 6) is 0.779. The van der Waals surface area contributed by atoms with Gasteiger partial charge in [-0.3, -0.25) is 9.69 Å². The fraction of sp³-hybridized carbons (Fsp3) is 0.281. The Labute approximate surface area is 248 Å². The lowest BCUT2D eigenvalue weighted by Crippen LogP contribution is -2.36. The molecular weight excluding hydrogens is 559 g/mol. The molecule has 1 aromatic heterocycles. The van der Waals surface area contributed by atoms with Crippen molar-refractivity contribution >= 4 is 39.8 Å². The van der Waals surface area contributed by atoms with Crippen molar-refractivity contribution < 1.29 is 23.4 Å². The number of carbonyl (C=O) groups is 1. The van der Waals surface area contributed by atoms with Gasteiger partial charge in [0.05, 0.1) is 36.0 Å². The van der Waals surface area contributed by atoms with E-state index >= 15 is 0 Å². The molecule has 0 unspecified atom stereocenters. The Morgan fingerprint density at radius 2 is 1.88 bits per heavy atom. The molecule has 1 N–H and O–H groups in total. The van der Waals surface area contributed by atoms with Crippen LogP contribution in [0.2, 0.25) is 5.02 Å². The van der Waals surface area contributed by atoms with Gasteiger partial charge in [-0.25, -0.2) is 14.4 Å². The molecule has 0 amide bonds. The molecule has 0 saturated carbocycles. The zero-order valence-corrected chi connectivity index (χ0v) is 23.6. The van der Waals surface area contributed by atoms with Crippen LogP contribution in [0.25, 0.3) is 10.9 Å². The van der Waals surface area contributed by atoms with Crippen LogP contribution in [0.15, 0.2) is 79.1 Å². The highest BCUT2D eigenvalue weighted by Crippen LogP contribution is 2.31. The number of rotatable bonds is 10. The average molecular weight is 589 g/mol. The minimum atomic E-state index is -0.316. The van der Waals surface area contributed by atoms with Crippen LogP contribution in [0.3, 0.4) is 0 Å². The van der Waals surface area contributed by atoms with Crippen LogP contribution < -0.4 is 10.1 Å². The molecule has 2 fully saturated rings. The number of ketones is 1. The highest BCUT2D eigenvalue weighted by Gasteiger charge is 2.35. The lowest BCUT2D eigenvalue weighted by molar-refractivity contribution is -0.116. The van der Waals surface area contributed by atoms with E-state index in [1.807, 2.05) is 30.3 Å². The summed E-state index contributed by atoms with van der Waals surface area (Å²) < 4.78 is 30.8. The Morgan fingerprint density at radius 3 is 2.67 bits per heavy atom. The van der Waals surface area contributed by atoms with Gasteiger partial charge in [0.1, 0.15) is 30.3 Å². The van der Waals surface area contributed by atoms with E-state index in [0.717, 1.165) is 29.6 Å². The van der Waals surface area contributed by atoms with Gasteiger partial charge >= 0.3 is 0 Å². The van der Waals surface area contributed by atoms with Gasteiger partial charge in [0.2, 0.25) is 0 Å². The highest BCUT2D eigenvalue weighted by molar-refractivity contribution is 6.32. The second-order valence-corrected chi connectivity index (χ2v) is 10.8. The summed E-state index contributed by atoms with van der Waals surface area (Å²) in [7, 11) is 0. The first-order valence-electron chi connectivity index (χ1n) is 13.8. The number of fused-ring (bicyclic) bond motifs is 2. The number of nitrogens with zero attached hydrogens (tertiary/aromatic N) is 3. The van der Waals surface area contributed by atoms with Crippen molar-refractivity contribution in [3.05, 3.63) is 101 Å². The molecule has 2 atom stereocenters. The fourth-order valence-corrected chi connectivity index (χ4v) is 5.45. The standard InChI is InChI=1S/C32H30ClFN4O4/c33-27-16-24(7-9-29(27)42-19-22-3-1-4-23(34)13-22)37-32-26-15-21(6-8-28(26)35-20-36-32)14-25(39)5-2-10-38-17-30-31(18-38)41-12-11-40-30/h1-9,13,15-16,20,30-31H,10-12,14,17-19H2,(H,35,36,37)/b5-2+/t30-,31+. The first-order chi connectivity index (χ1) is 20.5. The maximum atomic E-state index is 13.4. The number of carbonyl (C=O) groups excluding carboxylic acids is 1. The van der Waals surface area contributed by atoms with E-state index in [1.165, 1.54) is 18.5 Å². The molecule has 2 aliphatic heterocycles. The Morgan fingerprint density at radius 1 is 1.05 bits per heavy atom. The summed E-state index contributed by atoms with van der Waals surface area (Å²) in [5, 5.41) is 4.49. The number of nitrogens with one attached hydrogen (secondary N) is 1. The third-order valence-corrected chi connectivity index (χ3v) is 7.56. The SMILES string of the molecule is O=C(/C=C/CN1C[C@@H]2OCCO[C@@H]2C1)Cc1ccc2ncnc(Nc3ccc(OCc4cccc(F)c4)c(Cl)c3)c2c1. The molecular formula is C32H30ClFN4O4. The van der Waals surface area contributed by atoms with E-state index in [2.05, 4.69) is 20.2 Å². The van der Waals surface area contributed by atoms with Crippen LogP contribution in [0.4, 0.5) is 15.9 Å². The van der Waals surface area contributed by atoms with Crippen molar-refractivity contribution in [1.82, 2.24) is 14.9 Å². The molecule has 42 heavy (non-hydrogen) atoms. The van der Waals surface area contributed by atoms with Crippen molar-refractivity contribution in [3.8, 4) is 5.75 Å². The summed E-state index contributed by atoms with van der Waals surface area (Å²) in [6.45, 7) is 3.80. The molecule has 6 rings (SSSR count). The minimum absolute atomic E-state index is 0.0189. The van der Waals surface area contributed by atoms with Crippen LogP contribution >= 0.6 is 11.6 Å². The van der Waals surface area contributed by atoms with E-state index < -0.39 is 0 Å². The molecule has 0 bridgehead atoms. The summed E-state index contributed by atoms with van der Waals surface area (Å²) in [6.07, 6.45) is 5.56. The third-order valence-electron chi connectivity index (χ3n) is 7.26. The topological polar surface area (TPSA) is 85.8 Å². The summed E-state index contributed by atoms with van der Waals surface area (Å²) in [6, 6.07) is 17.3. The zero-order valence-electron chi connectivity index (χ0n) is 22.8. The maximum absolute atomic E-state index is 13.4. The minimum Gasteiger partial charge on any atom is -0.487 e. The van der Waals surface area contributed by atoms with E-state index in [-0.39, 0.29) is 36.8 Å². The molecule has 2 saturated heterocycles. The maximum Gasteiger partial charge on any atom is 0.159 e. The zero-order chi connectivity index (χ0) is 28.9. The van der Waals surface area contributed by atoms with Gasteiger partial charge in [0.15, 0.2) is 5.78 Å². The molecule has 3 aromatic carbocycles. The Hall–Kier alpha value is -3.89. The van der Waals surface area contributed by atoms with Crippen molar-refractivity contribution in [2.75, 3.05) is 38.2 Å². The highest BCUT2D eigenvalue weighted by atomic mass is 35.5.